The van der Waals surface area contributed by atoms with Crippen LogP contribution in [0.5, 0.6) is 5.75 Å². The highest BCUT2D eigenvalue weighted by Gasteiger charge is 2.12. The van der Waals surface area contributed by atoms with Gasteiger partial charge in [-0.3, -0.25) is 0 Å². The Hall–Kier alpha value is -2.39. The number of esters is 1. The van der Waals surface area contributed by atoms with E-state index in [-0.39, 0.29) is 10.8 Å². The van der Waals surface area contributed by atoms with Gasteiger partial charge in [0, 0.05) is 0 Å². The second kappa shape index (κ2) is 7.25. The fourth-order valence-electron chi connectivity index (χ4n) is 2.26. The van der Waals surface area contributed by atoms with Crippen molar-refractivity contribution in [2.75, 3.05) is 0 Å². The van der Waals surface area contributed by atoms with E-state index in [1.54, 1.807) is 24.3 Å². The number of alkyl halides is 1. The molecule has 114 valence electrons. The quantitative estimate of drug-likeness (QED) is 0.351. The van der Waals surface area contributed by atoms with Crippen molar-refractivity contribution in [2.24, 2.45) is 0 Å². The highest BCUT2D eigenvalue weighted by atomic mass is 79.9. The molecule has 3 rings (SSSR count). The summed E-state index contributed by atoms with van der Waals surface area (Å²) in [5, 5.41) is 0. The van der Waals surface area contributed by atoms with Crippen LogP contribution in [0.3, 0.4) is 0 Å². The van der Waals surface area contributed by atoms with Crippen molar-refractivity contribution in [3.8, 4) is 5.75 Å². The summed E-state index contributed by atoms with van der Waals surface area (Å²) in [7, 11) is 0. The summed E-state index contributed by atoms with van der Waals surface area (Å²) in [6.45, 7) is 0. The van der Waals surface area contributed by atoms with Crippen molar-refractivity contribution in [1.29, 1.82) is 0 Å². The van der Waals surface area contributed by atoms with E-state index < -0.39 is 0 Å². The Morgan fingerprint density at radius 2 is 1.26 bits per heavy atom. The summed E-state index contributed by atoms with van der Waals surface area (Å²) in [5.41, 5.74) is 2.80. The number of hydrogen-bond acceptors (Lipinski definition) is 2. The fourth-order valence-corrected chi connectivity index (χ4v) is 2.87. The maximum Gasteiger partial charge on any atom is 0.343 e. The molecule has 0 heterocycles. The van der Waals surface area contributed by atoms with Gasteiger partial charge in [0.25, 0.3) is 0 Å². The minimum Gasteiger partial charge on any atom is -0.423 e. The monoisotopic (exact) mass is 366 g/mol. The molecule has 0 bridgehead atoms. The smallest absolute Gasteiger partial charge is 0.343 e. The first-order valence-electron chi connectivity index (χ1n) is 7.30. The average Bonchev–Trinajstić information content (AvgIpc) is 2.63. The summed E-state index contributed by atoms with van der Waals surface area (Å²) in [6.07, 6.45) is 0. The molecule has 0 aliphatic heterocycles. The van der Waals surface area contributed by atoms with Crippen LogP contribution in [0.2, 0.25) is 0 Å². The van der Waals surface area contributed by atoms with E-state index >= 15 is 0 Å². The highest BCUT2D eigenvalue weighted by molar-refractivity contribution is 9.09. The number of benzene rings is 3. The van der Waals surface area contributed by atoms with Crippen molar-refractivity contribution >= 4 is 21.9 Å². The van der Waals surface area contributed by atoms with Gasteiger partial charge in [-0.25, -0.2) is 4.79 Å². The van der Waals surface area contributed by atoms with Gasteiger partial charge in [-0.15, -0.1) is 0 Å². The van der Waals surface area contributed by atoms with E-state index in [1.807, 2.05) is 48.5 Å². The number of carbonyl (C=O) groups excluding carboxylic acids is 1. The fraction of sp³-hybridized carbons (Fsp3) is 0.0500. The zero-order chi connectivity index (χ0) is 16.1. The van der Waals surface area contributed by atoms with Crippen molar-refractivity contribution in [1.82, 2.24) is 0 Å². The minimum absolute atomic E-state index is 0.0999. The Bertz CT molecular complexity index is 768. The van der Waals surface area contributed by atoms with E-state index in [0.29, 0.717) is 11.3 Å². The van der Waals surface area contributed by atoms with Crippen LogP contribution in [-0.2, 0) is 0 Å². The van der Waals surface area contributed by atoms with E-state index in [1.165, 1.54) is 5.56 Å². The third-order valence-electron chi connectivity index (χ3n) is 3.49. The number of hydrogen-bond donors (Lipinski definition) is 0. The Labute approximate surface area is 143 Å². The Morgan fingerprint density at radius 1 is 0.739 bits per heavy atom. The summed E-state index contributed by atoms with van der Waals surface area (Å²) in [6, 6.07) is 26.7. The van der Waals surface area contributed by atoms with Crippen LogP contribution in [0.15, 0.2) is 84.9 Å². The van der Waals surface area contributed by atoms with Crippen LogP contribution in [-0.4, -0.2) is 5.97 Å². The molecular formula is C20H15BrO2. The lowest BCUT2D eigenvalue weighted by atomic mass is 10.0. The molecule has 0 saturated heterocycles. The number of para-hydroxylation sites is 1. The number of halogens is 1. The molecule has 0 aliphatic carbocycles. The molecule has 0 aromatic heterocycles. The first kappa shape index (κ1) is 15.5. The second-order valence-electron chi connectivity index (χ2n) is 5.10. The third-order valence-corrected chi connectivity index (χ3v) is 4.54. The SMILES string of the molecule is O=C(Oc1ccccc1)c1ccc([C@@H](Br)c2ccccc2)cc1. The van der Waals surface area contributed by atoms with Gasteiger partial charge in [0.05, 0.1) is 10.4 Å². The molecule has 0 N–H and O–H groups in total. The van der Waals surface area contributed by atoms with Crippen LogP contribution in [0.4, 0.5) is 0 Å². The molecule has 0 radical (unpaired) electrons. The number of ether oxygens (including phenoxy) is 1. The molecular weight excluding hydrogens is 352 g/mol. The lowest BCUT2D eigenvalue weighted by molar-refractivity contribution is 0.0735. The zero-order valence-corrected chi connectivity index (χ0v) is 13.9. The van der Waals surface area contributed by atoms with Crippen LogP contribution in [0.1, 0.15) is 26.3 Å². The van der Waals surface area contributed by atoms with Gasteiger partial charge >= 0.3 is 5.97 Å². The molecule has 1 atom stereocenters. The molecule has 0 spiro atoms. The molecule has 3 aromatic rings. The lowest BCUT2D eigenvalue weighted by Crippen LogP contribution is -2.08. The van der Waals surface area contributed by atoms with Crippen molar-refractivity contribution < 1.29 is 9.53 Å². The molecule has 0 unspecified atom stereocenters. The normalized spacial score (nSPS) is 11.7. The van der Waals surface area contributed by atoms with Crippen molar-refractivity contribution in [2.45, 2.75) is 4.83 Å². The summed E-state index contributed by atoms with van der Waals surface area (Å²) < 4.78 is 5.33. The number of rotatable bonds is 4. The van der Waals surface area contributed by atoms with Crippen LogP contribution in [0, 0.1) is 0 Å². The van der Waals surface area contributed by atoms with E-state index in [2.05, 4.69) is 28.1 Å². The highest BCUT2D eigenvalue weighted by Crippen LogP contribution is 2.30. The molecule has 3 aromatic carbocycles. The number of carbonyl (C=O) groups is 1. The van der Waals surface area contributed by atoms with Crippen LogP contribution in [0.25, 0.3) is 0 Å². The molecule has 0 saturated carbocycles. The Balaban J connectivity index is 1.73. The van der Waals surface area contributed by atoms with Crippen LogP contribution >= 0.6 is 15.9 Å². The predicted octanol–water partition coefficient (Wildman–Crippen LogP) is 5.39. The van der Waals surface area contributed by atoms with Gasteiger partial charge in [-0.1, -0.05) is 76.6 Å². The van der Waals surface area contributed by atoms with Gasteiger partial charge in [-0.2, -0.15) is 0 Å². The molecule has 2 nitrogen and oxygen atoms in total. The summed E-state index contributed by atoms with van der Waals surface area (Å²) >= 11 is 3.69. The average molecular weight is 367 g/mol. The van der Waals surface area contributed by atoms with Gasteiger partial charge in [0.1, 0.15) is 5.75 Å². The zero-order valence-electron chi connectivity index (χ0n) is 12.4. The van der Waals surface area contributed by atoms with E-state index in [9.17, 15) is 4.79 Å². The molecule has 23 heavy (non-hydrogen) atoms. The van der Waals surface area contributed by atoms with Crippen molar-refractivity contribution in [3.63, 3.8) is 0 Å². The first-order valence-corrected chi connectivity index (χ1v) is 8.22. The van der Waals surface area contributed by atoms with Gasteiger partial charge in [0.2, 0.25) is 0 Å². The van der Waals surface area contributed by atoms with Crippen molar-refractivity contribution in [3.05, 3.63) is 102 Å². The maximum atomic E-state index is 12.1. The minimum atomic E-state index is -0.353. The molecule has 0 amide bonds. The summed E-state index contributed by atoms with van der Waals surface area (Å²) in [4.78, 5) is 12.2. The largest absolute Gasteiger partial charge is 0.423 e. The summed E-state index contributed by atoms with van der Waals surface area (Å²) in [5.74, 6) is 0.192. The molecule has 0 aliphatic rings. The first-order chi connectivity index (χ1) is 11.2. The Morgan fingerprint density at radius 3 is 1.87 bits per heavy atom. The van der Waals surface area contributed by atoms with Gasteiger partial charge in [0.15, 0.2) is 0 Å². The van der Waals surface area contributed by atoms with E-state index in [4.69, 9.17) is 4.74 Å². The molecule has 0 fully saturated rings. The third kappa shape index (κ3) is 3.88. The van der Waals surface area contributed by atoms with Gasteiger partial charge < -0.3 is 4.74 Å². The topological polar surface area (TPSA) is 26.3 Å². The van der Waals surface area contributed by atoms with Gasteiger partial charge in [-0.05, 0) is 35.4 Å². The molecule has 3 heteroatoms. The predicted molar refractivity (Wildman–Crippen MR) is 95.1 cm³/mol. The van der Waals surface area contributed by atoms with Crippen LogP contribution < -0.4 is 4.74 Å². The lowest BCUT2D eigenvalue weighted by Gasteiger charge is -2.11. The maximum absolute atomic E-state index is 12.1. The standard InChI is InChI=1S/C20H15BrO2/c21-19(15-7-3-1-4-8-15)16-11-13-17(14-12-16)20(22)23-18-9-5-2-6-10-18/h1-14,19H/t19-/m0/s1. The van der Waals surface area contributed by atoms with E-state index in [0.717, 1.165) is 5.56 Å². The second-order valence-corrected chi connectivity index (χ2v) is 6.01. The Kier molecular flexibility index (Phi) is 4.89.